The Bertz CT molecular complexity index is 1430. The molecular weight excluding hydrogens is 609 g/mol. The van der Waals surface area contributed by atoms with Gasteiger partial charge in [-0.15, -0.1) is 0 Å². The van der Waals surface area contributed by atoms with Crippen molar-refractivity contribution in [2.75, 3.05) is 32.6 Å². The Hall–Kier alpha value is -3.93. The van der Waals surface area contributed by atoms with Crippen LogP contribution in [0.5, 0.6) is 5.75 Å². The smallest absolute Gasteiger partial charge is 0.392 e. The number of nitrogens with one attached hydrogen (secondary N) is 2. The van der Waals surface area contributed by atoms with Crippen LogP contribution < -0.4 is 15.4 Å². The van der Waals surface area contributed by atoms with Gasteiger partial charge in [0.15, 0.2) is 11.6 Å². The first-order chi connectivity index (χ1) is 21.6. The Morgan fingerprint density at radius 1 is 1.24 bits per heavy atom. The Morgan fingerprint density at radius 3 is 2.54 bits per heavy atom. The molecule has 0 aromatic carbocycles. The summed E-state index contributed by atoms with van der Waals surface area (Å²) >= 11 is 0. The van der Waals surface area contributed by atoms with Crippen molar-refractivity contribution in [2.45, 2.75) is 69.9 Å². The molecule has 2 saturated heterocycles. The molecule has 250 valence electrons. The van der Waals surface area contributed by atoms with E-state index in [1.54, 1.807) is 47.1 Å². The van der Waals surface area contributed by atoms with Crippen LogP contribution in [0.1, 0.15) is 40.0 Å². The number of carbonyl (C=O) groups excluding carboxylic acids is 4. The largest absolute Gasteiger partial charge is 0.472 e. The second-order valence-electron chi connectivity index (χ2n) is 13.9. The molecule has 1 aromatic rings. The highest BCUT2D eigenvalue weighted by Gasteiger charge is 2.68. The Kier molecular flexibility index (Phi) is 8.74. The molecule has 3 aliphatic heterocycles. The number of anilines is 1. The zero-order valence-corrected chi connectivity index (χ0v) is 26.3. The van der Waals surface area contributed by atoms with Crippen LogP contribution in [0.15, 0.2) is 18.3 Å². The Labute approximate surface area is 264 Å². The van der Waals surface area contributed by atoms with Gasteiger partial charge >= 0.3 is 6.18 Å². The van der Waals surface area contributed by atoms with Gasteiger partial charge in [-0.1, -0.05) is 20.8 Å². The number of ether oxygens (including phenoxy) is 2. The third kappa shape index (κ3) is 5.54. The molecule has 15 heteroatoms. The van der Waals surface area contributed by atoms with Crippen LogP contribution in [0.25, 0.3) is 0 Å². The van der Waals surface area contributed by atoms with Crippen LogP contribution >= 0.6 is 0 Å². The van der Waals surface area contributed by atoms with E-state index in [0.717, 1.165) is 0 Å². The van der Waals surface area contributed by atoms with Crippen molar-refractivity contribution in [2.24, 2.45) is 35.0 Å². The first kappa shape index (κ1) is 33.4. The van der Waals surface area contributed by atoms with Crippen molar-refractivity contribution in [1.82, 2.24) is 20.1 Å². The number of halogens is 3. The number of amides is 4. The fourth-order valence-electron chi connectivity index (χ4n) is 8.30. The fourth-order valence-corrected chi connectivity index (χ4v) is 8.30. The van der Waals surface area contributed by atoms with Gasteiger partial charge in [0.25, 0.3) is 5.91 Å². The van der Waals surface area contributed by atoms with Crippen LogP contribution in [0.4, 0.5) is 19.0 Å². The monoisotopic (exact) mass is 648 g/mol. The lowest BCUT2D eigenvalue weighted by Gasteiger charge is -2.39. The highest BCUT2D eigenvalue weighted by Crippen LogP contribution is 2.63. The first-order valence-electron chi connectivity index (χ1n) is 15.2. The quantitative estimate of drug-likeness (QED) is 0.472. The van der Waals surface area contributed by atoms with E-state index in [9.17, 15) is 37.6 Å². The summed E-state index contributed by atoms with van der Waals surface area (Å²) in [6.07, 6.45) is -2.50. The number of alkyl halides is 3. The molecule has 2 aliphatic carbocycles. The maximum atomic E-state index is 14.5. The predicted molar refractivity (Wildman–Crippen MR) is 156 cm³/mol. The van der Waals surface area contributed by atoms with Crippen molar-refractivity contribution in [3.63, 3.8) is 0 Å². The summed E-state index contributed by atoms with van der Waals surface area (Å²) in [5.74, 6) is -5.26. The minimum atomic E-state index is -4.45. The van der Waals surface area contributed by atoms with Gasteiger partial charge < -0.3 is 29.9 Å². The molecule has 46 heavy (non-hydrogen) atoms. The second-order valence-corrected chi connectivity index (χ2v) is 13.9. The predicted octanol–water partition coefficient (Wildman–Crippen LogP) is 2.36. The normalized spacial score (nSPS) is 33.2. The summed E-state index contributed by atoms with van der Waals surface area (Å²) in [5.41, 5.74) is -2.38. The minimum absolute atomic E-state index is 0.0529. The number of nitrogens with zero attached hydrogens (tertiary/aromatic N) is 4. The maximum Gasteiger partial charge on any atom is 0.392 e. The number of hydrogen-bond acceptors (Lipinski definition) is 8. The average molecular weight is 649 g/mol. The van der Waals surface area contributed by atoms with Crippen molar-refractivity contribution in [1.29, 1.82) is 5.26 Å². The van der Waals surface area contributed by atoms with E-state index in [1.165, 1.54) is 16.0 Å². The average Bonchev–Trinajstić information content (AvgIpc) is 3.75. The van der Waals surface area contributed by atoms with E-state index in [0.29, 0.717) is 12.8 Å². The molecule has 2 bridgehead atoms. The lowest BCUT2D eigenvalue weighted by Crippen LogP contribution is -2.59. The summed E-state index contributed by atoms with van der Waals surface area (Å²) in [6.45, 7) is 4.97. The molecule has 0 radical (unpaired) electrons. The van der Waals surface area contributed by atoms with Gasteiger partial charge in [-0.25, -0.2) is 4.98 Å². The fraction of sp³-hybridized carbons (Fsp3) is 0.677. The number of methoxy groups -OCH3 is 1. The van der Waals surface area contributed by atoms with Crippen molar-refractivity contribution in [3.8, 4) is 11.8 Å². The summed E-state index contributed by atoms with van der Waals surface area (Å²) in [5, 5.41) is 15.3. The summed E-state index contributed by atoms with van der Waals surface area (Å²) in [6, 6.07) is 1.81. The van der Waals surface area contributed by atoms with Crippen molar-refractivity contribution in [3.05, 3.63) is 18.3 Å². The molecule has 4 heterocycles. The Balaban J connectivity index is 0.00000134. The second kappa shape index (κ2) is 12.0. The van der Waals surface area contributed by atoms with Gasteiger partial charge in [-0.2, -0.15) is 18.4 Å². The molecule has 12 nitrogen and oxygen atoms in total. The molecule has 1 aromatic heterocycles. The van der Waals surface area contributed by atoms with Gasteiger partial charge in [0.05, 0.1) is 18.5 Å². The van der Waals surface area contributed by atoms with Gasteiger partial charge in [0, 0.05) is 33.4 Å². The van der Waals surface area contributed by atoms with E-state index in [1.807, 2.05) is 0 Å². The number of nitriles is 1. The van der Waals surface area contributed by atoms with Crippen LogP contribution in [0.3, 0.4) is 0 Å². The zero-order valence-electron chi connectivity index (χ0n) is 26.3. The zero-order chi connectivity index (χ0) is 33.8. The van der Waals surface area contributed by atoms with Crippen molar-refractivity contribution < 1.29 is 41.8 Å². The van der Waals surface area contributed by atoms with Crippen LogP contribution in [-0.2, 0) is 23.9 Å². The van der Waals surface area contributed by atoms with Crippen molar-refractivity contribution >= 4 is 29.9 Å². The highest BCUT2D eigenvalue weighted by atomic mass is 19.4. The van der Waals surface area contributed by atoms with Gasteiger partial charge in [-0.3, -0.25) is 19.2 Å². The molecule has 5 aliphatic rings. The van der Waals surface area contributed by atoms with E-state index in [4.69, 9.17) is 4.74 Å². The summed E-state index contributed by atoms with van der Waals surface area (Å²) in [7, 11) is 3.25. The van der Waals surface area contributed by atoms with Gasteiger partial charge in [0.1, 0.15) is 18.1 Å². The van der Waals surface area contributed by atoms with E-state index < -0.39 is 70.8 Å². The van der Waals surface area contributed by atoms with Gasteiger partial charge in [0.2, 0.25) is 23.8 Å². The maximum absolute atomic E-state index is 14.5. The van der Waals surface area contributed by atoms with Crippen LogP contribution in [0, 0.1) is 46.3 Å². The topological polar surface area (TPSA) is 154 Å². The lowest BCUT2D eigenvalue weighted by atomic mass is 9.72. The molecular formula is C31H39F3N6O6. The molecule has 9 unspecified atom stereocenters. The van der Waals surface area contributed by atoms with Gasteiger partial charge in [-0.05, 0) is 54.1 Å². The molecule has 6 rings (SSSR count). The Morgan fingerprint density at radius 2 is 1.93 bits per heavy atom. The SMILES string of the molecule is CC(C)(C)C(NC=O)C(=O)N1CC2C3CC(C2C1C(=O)N1CC2(CC1C#N)Oc1cccnc1NC2=O)C(C(F)(F)F)C3.COC. The van der Waals surface area contributed by atoms with E-state index >= 15 is 0 Å². The van der Waals surface area contributed by atoms with Crippen LogP contribution in [-0.4, -0.2) is 96.1 Å². The molecule has 1 spiro atoms. The number of likely N-dealkylation sites (tertiary alicyclic amines) is 2. The standard InChI is InChI=1S/C29H33F3N6O5.C2H6O/c1-27(2,3)22(35-13-39)25(41)37-11-17-14-7-16(18(8-14)29(30,31)32)20(17)21(37)24(40)38-12-28(9-15(38)10-33)26(42)36-23-19(43-28)5-4-6-34-23;1-3-2/h4-6,13-18,20-22H,7-9,11-12H2,1-3H3,(H,35,39)(H,34,36,42);1-2H3. The highest BCUT2D eigenvalue weighted by molar-refractivity contribution is 6.01. The third-order valence-electron chi connectivity index (χ3n) is 10.1. The van der Waals surface area contributed by atoms with E-state index in [-0.39, 0.29) is 49.3 Å². The molecule has 9 atom stereocenters. The summed E-state index contributed by atoms with van der Waals surface area (Å²) in [4.78, 5) is 59.9. The third-order valence-corrected chi connectivity index (χ3v) is 10.1. The molecule has 4 fully saturated rings. The lowest BCUT2D eigenvalue weighted by molar-refractivity contribution is -0.195. The first-order valence-corrected chi connectivity index (χ1v) is 15.2. The number of pyridine rings is 1. The van der Waals surface area contributed by atoms with E-state index in [2.05, 4.69) is 26.4 Å². The number of carbonyl (C=O) groups is 4. The number of fused-ring (bicyclic) bond motifs is 6. The number of rotatable bonds is 4. The summed E-state index contributed by atoms with van der Waals surface area (Å²) < 4.78 is 52.7. The minimum Gasteiger partial charge on any atom is -0.472 e. The van der Waals surface area contributed by atoms with Crippen LogP contribution in [0.2, 0.25) is 0 Å². The number of aromatic nitrogens is 1. The molecule has 2 saturated carbocycles. The molecule has 4 amide bonds. The number of hydrogen-bond donors (Lipinski definition) is 2. The molecule has 2 N–H and O–H groups in total.